The van der Waals surface area contributed by atoms with Gasteiger partial charge in [-0.1, -0.05) is 42.5 Å². The SMILES string of the molecule is O=C1CC(=O)C1C=Cc1ccccc1. The van der Waals surface area contributed by atoms with Crippen molar-refractivity contribution in [3.63, 3.8) is 0 Å². The molecule has 14 heavy (non-hydrogen) atoms. The van der Waals surface area contributed by atoms with E-state index in [4.69, 9.17) is 0 Å². The molecule has 1 aliphatic carbocycles. The number of hydrogen-bond acceptors (Lipinski definition) is 2. The number of carbonyl (C=O) groups excluding carboxylic acids is 2. The Morgan fingerprint density at radius 2 is 1.71 bits per heavy atom. The van der Waals surface area contributed by atoms with E-state index in [1.165, 1.54) is 0 Å². The van der Waals surface area contributed by atoms with Crippen LogP contribution >= 0.6 is 0 Å². The molecule has 2 rings (SSSR count). The molecule has 0 atom stereocenters. The summed E-state index contributed by atoms with van der Waals surface area (Å²) in [4.78, 5) is 22.0. The molecular formula is C12H10O2. The Labute approximate surface area is 82.2 Å². The average molecular weight is 186 g/mol. The zero-order valence-corrected chi connectivity index (χ0v) is 7.64. The Hall–Kier alpha value is -1.70. The lowest BCUT2D eigenvalue weighted by Crippen LogP contribution is -2.35. The van der Waals surface area contributed by atoms with Gasteiger partial charge in [0, 0.05) is 0 Å². The van der Waals surface area contributed by atoms with Crippen molar-refractivity contribution in [1.29, 1.82) is 0 Å². The third-order valence-electron chi connectivity index (χ3n) is 2.32. The molecule has 0 spiro atoms. The van der Waals surface area contributed by atoms with E-state index in [0.29, 0.717) is 0 Å². The van der Waals surface area contributed by atoms with Crippen LogP contribution in [0.1, 0.15) is 12.0 Å². The van der Waals surface area contributed by atoms with Crippen LogP contribution in [0.15, 0.2) is 36.4 Å². The fraction of sp³-hybridized carbons (Fsp3) is 0.167. The topological polar surface area (TPSA) is 34.1 Å². The highest BCUT2D eigenvalue weighted by atomic mass is 16.2. The molecule has 0 amide bonds. The molecule has 1 fully saturated rings. The Kier molecular flexibility index (Phi) is 2.27. The number of hydrogen-bond donors (Lipinski definition) is 0. The van der Waals surface area contributed by atoms with E-state index in [9.17, 15) is 9.59 Å². The molecule has 0 unspecified atom stereocenters. The van der Waals surface area contributed by atoms with E-state index in [0.717, 1.165) is 5.56 Å². The third kappa shape index (κ3) is 1.64. The highest BCUT2D eigenvalue weighted by molar-refractivity contribution is 6.22. The number of benzene rings is 1. The number of Topliss-reactive ketones (excluding diaryl/α,β-unsaturated/α-hetero) is 2. The molecule has 2 nitrogen and oxygen atoms in total. The van der Waals surface area contributed by atoms with Gasteiger partial charge in [0.25, 0.3) is 0 Å². The predicted molar refractivity (Wildman–Crippen MR) is 53.6 cm³/mol. The van der Waals surface area contributed by atoms with Gasteiger partial charge in [-0.15, -0.1) is 0 Å². The number of rotatable bonds is 2. The minimum absolute atomic E-state index is 0.0298. The molecule has 1 aromatic rings. The van der Waals surface area contributed by atoms with E-state index in [-0.39, 0.29) is 18.0 Å². The molecule has 0 saturated heterocycles. The minimum atomic E-state index is -0.477. The molecule has 2 heteroatoms. The van der Waals surface area contributed by atoms with E-state index >= 15 is 0 Å². The first kappa shape index (κ1) is 8.88. The summed E-state index contributed by atoms with van der Waals surface area (Å²) in [7, 11) is 0. The second-order valence-corrected chi connectivity index (χ2v) is 3.36. The monoisotopic (exact) mass is 186 g/mol. The predicted octanol–water partition coefficient (Wildman–Crippen LogP) is 1.86. The number of allylic oxidation sites excluding steroid dienone is 1. The van der Waals surface area contributed by atoms with Crippen LogP contribution in [0.4, 0.5) is 0 Å². The zero-order chi connectivity index (χ0) is 9.97. The van der Waals surface area contributed by atoms with Crippen LogP contribution < -0.4 is 0 Å². The lowest BCUT2D eigenvalue weighted by molar-refractivity contribution is -0.141. The van der Waals surface area contributed by atoms with E-state index < -0.39 is 5.92 Å². The van der Waals surface area contributed by atoms with Crippen LogP contribution in [0.25, 0.3) is 6.08 Å². The van der Waals surface area contributed by atoms with Gasteiger partial charge in [0.1, 0.15) is 0 Å². The van der Waals surface area contributed by atoms with Crippen molar-refractivity contribution >= 4 is 17.6 Å². The van der Waals surface area contributed by atoms with E-state index in [2.05, 4.69) is 0 Å². The van der Waals surface area contributed by atoms with Crippen molar-refractivity contribution < 1.29 is 9.59 Å². The van der Waals surface area contributed by atoms with Gasteiger partial charge in [-0.2, -0.15) is 0 Å². The van der Waals surface area contributed by atoms with Crippen molar-refractivity contribution in [2.24, 2.45) is 5.92 Å². The summed E-state index contributed by atoms with van der Waals surface area (Å²) >= 11 is 0. The standard InChI is InChI=1S/C12H10O2/c13-11-8-12(14)10(11)7-6-9-4-2-1-3-5-9/h1-7,10H,8H2. The largest absolute Gasteiger partial charge is 0.298 e. The summed E-state index contributed by atoms with van der Waals surface area (Å²) in [5, 5.41) is 0. The Morgan fingerprint density at radius 1 is 1.07 bits per heavy atom. The first-order valence-electron chi connectivity index (χ1n) is 4.56. The minimum Gasteiger partial charge on any atom is -0.298 e. The molecule has 0 heterocycles. The van der Waals surface area contributed by atoms with Gasteiger partial charge in [-0.25, -0.2) is 0 Å². The highest BCUT2D eigenvalue weighted by Crippen LogP contribution is 2.20. The van der Waals surface area contributed by atoms with E-state index in [1.807, 2.05) is 36.4 Å². The summed E-state index contributed by atoms with van der Waals surface area (Å²) in [5.41, 5.74) is 1.01. The van der Waals surface area contributed by atoms with Crippen LogP contribution in [0.3, 0.4) is 0 Å². The average Bonchev–Trinajstić information content (AvgIpc) is 2.19. The Morgan fingerprint density at radius 3 is 2.29 bits per heavy atom. The summed E-state index contributed by atoms with van der Waals surface area (Å²) in [6, 6.07) is 9.64. The van der Waals surface area contributed by atoms with Crippen molar-refractivity contribution in [2.75, 3.05) is 0 Å². The molecule has 70 valence electrons. The van der Waals surface area contributed by atoms with Crippen LogP contribution in [-0.2, 0) is 9.59 Å². The number of carbonyl (C=O) groups is 2. The first-order valence-corrected chi connectivity index (χ1v) is 4.56. The van der Waals surface area contributed by atoms with Gasteiger partial charge in [0.2, 0.25) is 0 Å². The normalized spacial score (nSPS) is 17.4. The van der Waals surface area contributed by atoms with Crippen LogP contribution in [-0.4, -0.2) is 11.6 Å². The van der Waals surface area contributed by atoms with Gasteiger partial charge in [0.05, 0.1) is 12.3 Å². The first-order chi connectivity index (χ1) is 6.77. The van der Waals surface area contributed by atoms with Gasteiger partial charge in [0.15, 0.2) is 11.6 Å². The molecular weight excluding hydrogens is 176 g/mol. The van der Waals surface area contributed by atoms with Crippen molar-refractivity contribution in [2.45, 2.75) is 6.42 Å². The fourth-order valence-corrected chi connectivity index (χ4v) is 1.43. The highest BCUT2D eigenvalue weighted by Gasteiger charge is 2.35. The molecule has 1 saturated carbocycles. The van der Waals surface area contributed by atoms with Crippen LogP contribution in [0.2, 0.25) is 0 Å². The maximum absolute atomic E-state index is 11.0. The third-order valence-corrected chi connectivity index (χ3v) is 2.32. The second-order valence-electron chi connectivity index (χ2n) is 3.36. The van der Waals surface area contributed by atoms with Crippen molar-refractivity contribution in [1.82, 2.24) is 0 Å². The molecule has 0 bridgehead atoms. The lowest BCUT2D eigenvalue weighted by Gasteiger charge is -2.18. The summed E-state index contributed by atoms with van der Waals surface area (Å²) in [5.74, 6) is -0.417. The van der Waals surface area contributed by atoms with Crippen molar-refractivity contribution in [3.8, 4) is 0 Å². The fourth-order valence-electron chi connectivity index (χ4n) is 1.43. The van der Waals surface area contributed by atoms with Crippen molar-refractivity contribution in [3.05, 3.63) is 42.0 Å². The quantitative estimate of drug-likeness (QED) is 0.660. The maximum atomic E-state index is 11.0. The molecule has 0 radical (unpaired) electrons. The summed E-state index contributed by atoms with van der Waals surface area (Å²) < 4.78 is 0. The molecule has 1 aromatic carbocycles. The summed E-state index contributed by atoms with van der Waals surface area (Å²) in [6.45, 7) is 0. The van der Waals surface area contributed by atoms with Gasteiger partial charge < -0.3 is 0 Å². The zero-order valence-electron chi connectivity index (χ0n) is 7.64. The summed E-state index contributed by atoms with van der Waals surface area (Å²) in [6.07, 6.45) is 3.62. The van der Waals surface area contributed by atoms with Gasteiger partial charge >= 0.3 is 0 Å². The van der Waals surface area contributed by atoms with Crippen LogP contribution in [0, 0.1) is 5.92 Å². The lowest BCUT2D eigenvalue weighted by atomic mass is 9.82. The number of ketones is 2. The Bertz CT molecular complexity index is 376. The van der Waals surface area contributed by atoms with E-state index in [1.54, 1.807) is 6.08 Å². The van der Waals surface area contributed by atoms with Gasteiger partial charge in [-0.05, 0) is 5.56 Å². The smallest absolute Gasteiger partial charge is 0.154 e. The molecule has 0 N–H and O–H groups in total. The molecule has 0 aromatic heterocycles. The Balaban J connectivity index is 2.08. The molecule has 0 aliphatic heterocycles. The molecule has 1 aliphatic rings. The van der Waals surface area contributed by atoms with Gasteiger partial charge in [-0.3, -0.25) is 9.59 Å². The van der Waals surface area contributed by atoms with Crippen LogP contribution in [0.5, 0.6) is 0 Å². The second kappa shape index (κ2) is 3.58. The maximum Gasteiger partial charge on any atom is 0.154 e.